The van der Waals surface area contributed by atoms with E-state index in [2.05, 4.69) is 30.0 Å². The fourth-order valence-corrected chi connectivity index (χ4v) is 2.08. The Morgan fingerprint density at radius 1 is 1.22 bits per heavy atom. The monoisotopic (exact) mass is 265 g/mol. The maximum absolute atomic E-state index is 11.9. The number of rotatable bonds is 3. The van der Waals surface area contributed by atoms with Gasteiger partial charge in [0.25, 0.3) is 0 Å². The molecule has 0 unspecified atom stereocenters. The number of carbonyl (C=O) groups is 1. The fraction of sp³-hybridized carbons (Fsp3) is 0.462. The third kappa shape index (κ3) is 4.01. The number of benzene rings is 1. The van der Waals surface area contributed by atoms with Crippen LogP contribution in [0, 0.1) is 0 Å². The molecule has 1 aliphatic rings. The van der Waals surface area contributed by atoms with Crippen LogP contribution in [0.5, 0.6) is 0 Å². The molecule has 5 heteroatoms. The summed E-state index contributed by atoms with van der Waals surface area (Å²) in [5.74, 6) is 0.0477. The fourth-order valence-electron chi connectivity index (χ4n) is 1.93. The highest BCUT2D eigenvalue weighted by Crippen LogP contribution is 2.08. The van der Waals surface area contributed by atoms with Crippen molar-refractivity contribution < 1.29 is 4.79 Å². The Morgan fingerprint density at radius 2 is 1.83 bits per heavy atom. The Balaban J connectivity index is 1.80. The van der Waals surface area contributed by atoms with Crippen molar-refractivity contribution in [2.24, 2.45) is 0 Å². The zero-order chi connectivity index (χ0) is 13.0. The predicted octanol–water partition coefficient (Wildman–Crippen LogP) is 0.796. The van der Waals surface area contributed by atoms with Gasteiger partial charge in [-0.25, -0.2) is 5.01 Å². The van der Waals surface area contributed by atoms with E-state index in [1.807, 2.05) is 29.3 Å². The van der Waals surface area contributed by atoms with E-state index in [4.69, 9.17) is 0 Å². The van der Waals surface area contributed by atoms with E-state index in [-0.39, 0.29) is 5.91 Å². The zero-order valence-electron chi connectivity index (χ0n) is 10.6. The van der Waals surface area contributed by atoms with Gasteiger partial charge in [-0.3, -0.25) is 10.2 Å². The Hall–Kier alpha value is -1.04. The Kier molecular flexibility index (Phi) is 4.63. The quantitative estimate of drug-likeness (QED) is 0.794. The van der Waals surface area contributed by atoms with E-state index in [1.165, 1.54) is 0 Å². The number of hydrazine groups is 1. The van der Waals surface area contributed by atoms with Gasteiger partial charge in [0.15, 0.2) is 0 Å². The van der Waals surface area contributed by atoms with Crippen LogP contribution in [0.2, 0.25) is 0 Å². The van der Waals surface area contributed by atoms with Crippen LogP contribution in [0.3, 0.4) is 0 Å². The average molecular weight is 265 g/mol. The lowest BCUT2D eigenvalue weighted by Gasteiger charge is -2.32. The highest BCUT2D eigenvalue weighted by atomic mass is 32.1. The summed E-state index contributed by atoms with van der Waals surface area (Å²) in [5, 5.41) is 2.00. The van der Waals surface area contributed by atoms with Crippen molar-refractivity contribution in [3.05, 3.63) is 29.8 Å². The van der Waals surface area contributed by atoms with Gasteiger partial charge in [-0.1, -0.05) is 12.1 Å². The normalized spacial score (nSPS) is 17.7. The number of nitrogens with zero attached hydrogens (tertiary/aromatic N) is 2. The molecule has 1 heterocycles. The highest BCUT2D eigenvalue weighted by Gasteiger charge is 2.15. The molecular weight excluding hydrogens is 246 g/mol. The summed E-state index contributed by atoms with van der Waals surface area (Å²) < 4.78 is 0. The van der Waals surface area contributed by atoms with Gasteiger partial charge in [0.1, 0.15) is 0 Å². The van der Waals surface area contributed by atoms with Crippen LogP contribution in [0.15, 0.2) is 29.2 Å². The molecule has 1 aromatic rings. The first-order chi connectivity index (χ1) is 8.63. The molecule has 0 aliphatic carbocycles. The topological polar surface area (TPSA) is 35.6 Å². The molecular formula is C13H19N3OS. The first-order valence-corrected chi connectivity index (χ1v) is 6.59. The van der Waals surface area contributed by atoms with Crippen molar-refractivity contribution >= 4 is 18.5 Å². The Bertz CT molecular complexity index is 399. The molecule has 1 amide bonds. The van der Waals surface area contributed by atoms with Crippen LogP contribution in [0.1, 0.15) is 5.56 Å². The van der Waals surface area contributed by atoms with Crippen molar-refractivity contribution in [1.82, 2.24) is 15.3 Å². The van der Waals surface area contributed by atoms with E-state index >= 15 is 0 Å². The maximum Gasteiger partial charge on any atom is 0.238 e. The van der Waals surface area contributed by atoms with Crippen molar-refractivity contribution in [1.29, 1.82) is 0 Å². The molecule has 1 saturated heterocycles. The molecule has 98 valence electrons. The van der Waals surface area contributed by atoms with Crippen molar-refractivity contribution in [3.63, 3.8) is 0 Å². The highest BCUT2D eigenvalue weighted by molar-refractivity contribution is 7.80. The zero-order valence-corrected chi connectivity index (χ0v) is 11.5. The lowest BCUT2D eigenvalue weighted by molar-refractivity contribution is -0.126. The smallest absolute Gasteiger partial charge is 0.238 e. The minimum absolute atomic E-state index is 0.0477. The SMILES string of the molecule is CN1CCN(NC(=O)Cc2ccc(S)cc2)CC1. The van der Waals surface area contributed by atoms with Crippen LogP contribution in [-0.4, -0.2) is 49.0 Å². The third-order valence-electron chi connectivity index (χ3n) is 3.09. The molecule has 4 nitrogen and oxygen atoms in total. The second-order valence-electron chi connectivity index (χ2n) is 4.67. The number of nitrogens with one attached hydrogen (secondary N) is 1. The van der Waals surface area contributed by atoms with Gasteiger partial charge in [-0.05, 0) is 24.7 Å². The molecule has 0 radical (unpaired) electrons. The number of amides is 1. The van der Waals surface area contributed by atoms with Crippen LogP contribution in [-0.2, 0) is 11.2 Å². The van der Waals surface area contributed by atoms with Gasteiger partial charge in [-0.15, -0.1) is 12.6 Å². The van der Waals surface area contributed by atoms with E-state index in [0.717, 1.165) is 36.6 Å². The van der Waals surface area contributed by atoms with Gasteiger partial charge >= 0.3 is 0 Å². The van der Waals surface area contributed by atoms with E-state index in [1.54, 1.807) is 0 Å². The first-order valence-electron chi connectivity index (χ1n) is 6.14. The summed E-state index contributed by atoms with van der Waals surface area (Å²) in [4.78, 5) is 15.0. The average Bonchev–Trinajstić information content (AvgIpc) is 2.35. The predicted molar refractivity (Wildman–Crippen MR) is 74.6 cm³/mol. The lowest BCUT2D eigenvalue weighted by atomic mass is 10.1. The second kappa shape index (κ2) is 6.22. The van der Waals surface area contributed by atoms with Crippen molar-refractivity contribution in [2.45, 2.75) is 11.3 Å². The molecule has 0 saturated carbocycles. The molecule has 2 rings (SSSR count). The number of likely N-dealkylation sites (N-methyl/N-ethyl adjacent to an activating group) is 1. The Morgan fingerprint density at radius 3 is 2.44 bits per heavy atom. The molecule has 0 bridgehead atoms. The van der Waals surface area contributed by atoms with Crippen molar-refractivity contribution in [2.75, 3.05) is 33.2 Å². The summed E-state index contributed by atoms with van der Waals surface area (Å²) >= 11 is 4.22. The van der Waals surface area contributed by atoms with Gasteiger partial charge in [0.05, 0.1) is 6.42 Å². The number of piperazine rings is 1. The van der Waals surface area contributed by atoms with E-state index in [0.29, 0.717) is 6.42 Å². The standard InChI is InChI=1S/C13H19N3OS/c1-15-6-8-16(9-7-15)14-13(17)10-11-2-4-12(18)5-3-11/h2-5,18H,6-10H2,1H3,(H,14,17). The summed E-state index contributed by atoms with van der Waals surface area (Å²) in [6.07, 6.45) is 0.417. The molecule has 1 fully saturated rings. The molecule has 1 aromatic carbocycles. The number of hydrogen-bond acceptors (Lipinski definition) is 4. The summed E-state index contributed by atoms with van der Waals surface area (Å²) in [5.41, 5.74) is 3.96. The van der Waals surface area contributed by atoms with Gasteiger partial charge in [-0.2, -0.15) is 0 Å². The number of thiol groups is 1. The van der Waals surface area contributed by atoms with E-state index in [9.17, 15) is 4.79 Å². The number of hydrogen-bond donors (Lipinski definition) is 2. The largest absolute Gasteiger partial charge is 0.304 e. The van der Waals surface area contributed by atoms with Crippen LogP contribution in [0.4, 0.5) is 0 Å². The number of carbonyl (C=O) groups excluding carboxylic acids is 1. The molecule has 0 aromatic heterocycles. The molecule has 18 heavy (non-hydrogen) atoms. The molecule has 1 N–H and O–H groups in total. The summed E-state index contributed by atoms with van der Waals surface area (Å²) in [6, 6.07) is 7.68. The minimum atomic E-state index is 0.0477. The Labute approximate surface area is 113 Å². The molecule has 0 atom stereocenters. The minimum Gasteiger partial charge on any atom is -0.304 e. The van der Waals surface area contributed by atoms with Crippen LogP contribution < -0.4 is 5.43 Å². The van der Waals surface area contributed by atoms with Gasteiger partial charge in [0.2, 0.25) is 5.91 Å². The molecule has 1 aliphatic heterocycles. The first kappa shape index (κ1) is 13.4. The van der Waals surface area contributed by atoms with E-state index < -0.39 is 0 Å². The summed E-state index contributed by atoms with van der Waals surface area (Å²) in [6.45, 7) is 3.76. The van der Waals surface area contributed by atoms with Gasteiger partial charge < -0.3 is 4.90 Å². The molecule has 0 spiro atoms. The summed E-state index contributed by atoms with van der Waals surface area (Å²) in [7, 11) is 2.10. The van der Waals surface area contributed by atoms with Crippen LogP contribution >= 0.6 is 12.6 Å². The maximum atomic E-state index is 11.9. The lowest BCUT2D eigenvalue weighted by Crippen LogP contribution is -2.52. The van der Waals surface area contributed by atoms with Crippen LogP contribution in [0.25, 0.3) is 0 Å². The third-order valence-corrected chi connectivity index (χ3v) is 3.39. The second-order valence-corrected chi connectivity index (χ2v) is 5.18. The van der Waals surface area contributed by atoms with Crippen molar-refractivity contribution in [3.8, 4) is 0 Å². The van der Waals surface area contributed by atoms with Gasteiger partial charge in [0, 0.05) is 31.1 Å².